The van der Waals surface area contributed by atoms with Gasteiger partial charge in [0.05, 0.1) is 6.54 Å². The van der Waals surface area contributed by atoms with Gasteiger partial charge in [0.25, 0.3) is 0 Å². The molecule has 0 saturated heterocycles. The van der Waals surface area contributed by atoms with Gasteiger partial charge in [-0.3, -0.25) is 4.79 Å². The monoisotopic (exact) mass is 302 g/mol. The zero-order chi connectivity index (χ0) is 14.7. The number of anilines is 1. The summed E-state index contributed by atoms with van der Waals surface area (Å²) in [6.07, 6.45) is 2.93. The third kappa shape index (κ3) is 4.01. The van der Waals surface area contributed by atoms with E-state index in [9.17, 15) is 4.79 Å². The predicted molar refractivity (Wildman–Crippen MR) is 83.6 cm³/mol. The summed E-state index contributed by atoms with van der Waals surface area (Å²) >= 11 is 1.34. The molecule has 3 rings (SSSR count). The van der Waals surface area contributed by atoms with E-state index < -0.39 is 0 Å². The van der Waals surface area contributed by atoms with Crippen molar-refractivity contribution in [2.45, 2.75) is 25.3 Å². The number of rotatable bonds is 6. The van der Waals surface area contributed by atoms with Crippen molar-refractivity contribution in [2.75, 3.05) is 18.5 Å². The first-order chi connectivity index (χ1) is 10.2. The van der Waals surface area contributed by atoms with Gasteiger partial charge in [0, 0.05) is 31.0 Å². The highest BCUT2D eigenvalue weighted by molar-refractivity contribution is 7.09. The average molecular weight is 302 g/mol. The number of carbonyl (C=O) groups excluding carboxylic acids is 1. The molecule has 1 aromatic carbocycles. The Bertz CT molecular complexity index is 609. The van der Waals surface area contributed by atoms with Crippen molar-refractivity contribution in [3.63, 3.8) is 0 Å². The van der Waals surface area contributed by atoms with E-state index in [0.717, 1.165) is 30.2 Å². The summed E-state index contributed by atoms with van der Waals surface area (Å²) in [7, 11) is 1.87. The van der Waals surface area contributed by atoms with E-state index in [0.29, 0.717) is 12.6 Å². The van der Waals surface area contributed by atoms with Crippen molar-refractivity contribution in [3.8, 4) is 0 Å². The fourth-order valence-electron chi connectivity index (χ4n) is 2.03. The Morgan fingerprint density at radius 1 is 1.38 bits per heavy atom. The number of likely N-dealkylation sites (N-methyl/N-ethyl adjacent to an activating group) is 1. The molecule has 1 aliphatic rings. The van der Waals surface area contributed by atoms with E-state index in [2.05, 4.69) is 26.8 Å². The van der Waals surface area contributed by atoms with Crippen LogP contribution in [-0.4, -0.2) is 34.9 Å². The maximum Gasteiger partial charge on any atom is 0.239 e. The molecule has 5 nitrogen and oxygen atoms in total. The standard InChI is InChI=1S/C15H18N4OS/c1-19(10-14(20)16-12-7-8-12)15-17-13(18-21-15)9-11-5-3-2-4-6-11/h2-6,12H,7-10H2,1H3,(H,16,20). The molecule has 2 aromatic rings. The highest BCUT2D eigenvalue weighted by Crippen LogP contribution is 2.20. The van der Waals surface area contributed by atoms with Crippen molar-refractivity contribution in [1.82, 2.24) is 14.7 Å². The van der Waals surface area contributed by atoms with Gasteiger partial charge in [0.1, 0.15) is 5.82 Å². The zero-order valence-electron chi connectivity index (χ0n) is 12.0. The lowest BCUT2D eigenvalue weighted by Crippen LogP contribution is -2.36. The Balaban J connectivity index is 1.57. The minimum atomic E-state index is 0.0554. The predicted octanol–water partition coefficient (Wildman–Crippen LogP) is 1.84. The van der Waals surface area contributed by atoms with Crippen LogP contribution in [0.25, 0.3) is 0 Å². The molecule has 1 saturated carbocycles. The van der Waals surface area contributed by atoms with Crippen LogP contribution in [0.2, 0.25) is 0 Å². The van der Waals surface area contributed by atoms with Crippen LogP contribution < -0.4 is 10.2 Å². The molecule has 6 heteroatoms. The Morgan fingerprint density at radius 2 is 2.14 bits per heavy atom. The van der Waals surface area contributed by atoms with Gasteiger partial charge in [0.15, 0.2) is 0 Å². The lowest BCUT2D eigenvalue weighted by Gasteiger charge is -2.14. The summed E-state index contributed by atoms with van der Waals surface area (Å²) in [5.41, 5.74) is 1.19. The lowest BCUT2D eigenvalue weighted by atomic mass is 10.1. The van der Waals surface area contributed by atoms with E-state index in [1.807, 2.05) is 30.1 Å². The molecule has 1 fully saturated rings. The second kappa shape index (κ2) is 6.22. The van der Waals surface area contributed by atoms with Crippen LogP contribution in [0.15, 0.2) is 30.3 Å². The Hall–Kier alpha value is -1.95. The van der Waals surface area contributed by atoms with Crippen LogP contribution in [0.1, 0.15) is 24.2 Å². The number of hydrogen-bond acceptors (Lipinski definition) is 5. The summed E-state index contributed by atoms with van der Waals surface area (Å²) < 4.78 is 4.37. The van der Waals surface area contributed by atoms with Crippen LogP contribution in [0.5, 0.6) is 0 Å². The van der Waals surface area contributed by atoms with Gasteiger partial charge in [0.2, 0.25) is 11.0 Å². The topological polar surface area (TPSA) is 58.1 Å². The first kappa shape index (κ1) is 14.0. The third-order valence-electron chi connectivity index (χ3n) is 3.31. The van der Waals surface area contributed by atoms with Gasteiger partial charge in [-0.2, -0.15) is 4.37 Å². The van der Waals surface area contributed by atoms with E-state index in [4.69, 9.17) is 0 Å². The number of aromatic nitrogens is 2. The average Bonchev–Trinajstić information content (AvgIpc) is 3.15. The zero-order valence-corrected chi connectivity index (χ0v) is 12.8. The van der Waals surface area contributed by atoms with Crippen LogP contribution in [0, 0.1) is 0 Å². The van der Waals surface area contributed by atoms with Crippen LogP contribution in [-0.2, 0) is 11.2 Å². The van der Waals surface area contributed by atoms with Crippen molar-refractivity contribution < 1.29 is 4.79 Å². The molecule has 1 heterocycles. The number of nitrogens with one attached hydrogen (secondary N) is 1. The van der Waals surface area contributed by atoms with Crippen LogP contribution in [0.3, 0.4) is 0 Å². The summed E-state index contributed by atoms with van der Waals surface area (Å²) in [5, 5.41) is 3.76. The largest absolute Gasteiger partial charge is 0.352 e. The highest BCUT2D eigenvalue weighted by Gasteiger charge is 2.24. The quantitative estimate of drug-likeness (QED) is 0.884. The fraction of sp³-hybridized carbons (Fsp3) is 0.400. The summed E-state index contributed by atoms with van der Waals surface area (Å²) in [5.74, 6) is 0.857. The minimum Gasteiger partial charge on any atom is -0.352 e. The molecule has 0 aliphatic heterocycles. The summed E-state index contributed by atoms with van der Waals surface area (Å²) in [6.45, 7) is 0.330. The Kier molecular flexibility index (Phi) is 4.15. The molecule has 1 aliphatic carbocycles. The third-order valence-corrected chi connectivity index (χ3v) is 4.18. The summed E-state index contributed by atoms with van der Waals surface area (Å²) in [6, 6.07) is 10.5. The van der Waals surface area contributed by atoms with Gasteiger partial charge in [-0.1, -0.05) is 30.3 Å². The molecule has 110 valence electrons. The molecule has 0 bridgehead atoms. The molecule has 21 heavy (non-hydrogen) atoms. The van der Waals surface area contributed by atoms with E-state index in [-0.39, 0.29) is 5.91 Å². The highest BCUT2D eigenvalue weighted by atomic mass is 32.1. The first-order valence-corrected chi connectivity index (χ1v) is 7.85. The van der Waals surface area contributed by atoms with Crippen molar-refractivity contribution >= 4 is 22.6 Å². The second-order valence-electron chi connectivity index (χ2n) is 5.35. The molecule has 0 spiro atoms. The molecule has 0 unspecified atom stereocenters. The Morgan fingerprint density at radius 3 is 2.86 bits per heavy atom. The van der Waals surface area contributed by atoms with E-state index in [1.54, 1.807) is 0 Å². The van der Waals surface area contributed by atoms with E-state index >= 15 is 0 Å². The van der Waals surface area contributed by atoms with Crippen LogP contribution in [0.4, 0.5) is 5.13 Å². The molecule has 1 aromatic heterocycles. The Labute approximate surface area is 128 Å². The molecule has 0 atom stereocenters. The number of benzene rings is 1. The SMILES string of the molecule is CN(CC(=O)NC1CC1)c1nc(Cc2ccccc2)ns1. The molecular formula is C15H18N4OS. The van der Waals surface area contributed by atoms with Gasteiger partial charge < -0.3 is 10.2 Å². The van der Waals surface area contributed by atoms with Gasteiger partial charge in [-0.15, -0.1) is 0 Å². The van der Waals surface area contributed by atoms with Crippen molar-refractivity contribution in [2.24, 2.45) is 0 Å². The first-order valence-electron chi connectivity index (χ1n) is 7.08. The normalized spacial score (nSPS) is 14.0. The summed E-state index contributed by atoms with van der Waals surface area (Å²) in [4.78, 5) is 18.1. The molecule has 1 N–H and O–H groups in total. The second-order valence-corrected chi connectivity index (χ2v) is 6.08. The van der Waals surface area contributed by atoms with Crippen molar-refractivity contribution in [1.29, 1.82) is 0 Å². The number of amides is 1. The van der Waals surface area contributed by atoms with Crippen molar-refractivity contribution in [3.05, 3.63) is 41.7 Å². The smallest absolute Gasteiger partial charge is 0.239 e. The molecule has 0 radical (unpaired) electrons. The van der Waals surface area contributed by atoms with E-state index in [1.165, 1.54) is 17.1 Å². The molecular weight excluding hydrogens is 284 g/mol. The number of hydrogen-bond donors (Lipinski definition) is 1. The van der Waals surface area contributed by atoms with Gasteiger partial charge in [-0.05, 0) is 18.4 Å². The number of nitrogens with zero attached hydrogens (tertiary/aromatic N) is 3. The maximum absolute atomic E-state index is 11.8. The lowest BCUT2D eigenvalue weighted by molar-refractivity contribution is -0.119. The minimum absolute atomic E-state index is 0.0554. The number of carbonyl (C=O) groups is 1. The van der Waals surface area contributed by atoms with Crippen LogP contribution >= 0.6 is 11.5 Å². The van der Waals surface area contributed by atoms with Gasteiger partial charge in [-0.25, -0.2) is 4.98 Å². The fourth-order valence-corrected chi connectivity index (χ4v) is 2.68. The maximum atomic E-state index is 11.8. The molecule has 1 amide bonds. The van der Waals surface area contributed by atoms with Gasteiger partial charge >= 0.3 is 0 Å².